The summed E-state index contributed by atoms with van der Waals surface area (Å²) in [5.41, 5.74) is 5.02. The molecule has 1 fully saturated rings. The molecule has 1 aliphatic rings. The van der Waals surface area contributed by atoms with Gasteiger partial charge in [0.25, 0.3) is 6.43 Å². The summed E-state index contributed by atoms with van der Waals surface area (Å²) in [7, 11) is 0. The van der Waals surface area contributed by atoms with Crippen LogP contribution in [0.1, 0.15) is 6.92 Å². The van der Waals surface area contributed by atoms with Gasteiger partial charge in [-0.2, -0.15) is 0 Å². The molecule has 1 aliphatic heterocycles. The normalized spacial score (nSPS) is 28.6. The van der Waals surface area contributed by atoms with Gasteiger partial charge in [-0.1, -0.05) is 0 Å². The molecule has 100 valence electrons. The predicted molar refractivity (Wildman–Crippen MR) is 56.7 cm³/mol. The second kappa shape index (κ2) is 6.23. The highest BCUT2D eigenvalue weighted by molar-refractivity contribution is 5.83. The first-order valence-electron chi connectivity index (χ1n) is 5.44. The van der Waals surface area contributed by atoms with E-state index in [-0.39, 0.29) is 31.7 Å². The Kier molecular flexibility index (Phi) is 5.23. The lowest BCUT2D eigenvalue weighted by atomic mass is 9.85. The van der Waals surface area contributed by atoms with Gasteiger partial charge in [0, 0.05) is 12.6 Å². The predicted octanol–water partition coefficient (Wildman–Crippen LogP) is -0.252. The molecule has 0 aromatic heterocycles. The average molecular weight is 252 g/mol. The summed E-state index contributed by atoms with van der Waals surface area (Å²) < 4.78 is 33.2. The van der Waals surface area contributed by atoms with Crippen LogP contribution in [-0.4, -0.2) is 51.3 Å². The number of hydrogen-bond acceptors (Lipinski definition) is 4. The molecule has 3 N–H and O–H groups in total. The Morgan fingerprint density at radius 3 is 2.94 bits per heavy atom. The first-order chi connectivity index (χ1) is 7.97. The topological polar surface area (TPSA) is 73.6 Å². The van der Waals surface area contributed by atoms with E-state index in [1.165, 1.54) is 0 Å². The van der Waals surface area contributed by atoms with Crippen molar-refractivity contribution in [2.24, 2.45) is 11.1 Å². The van der Waals surface area contributed by atoms with Gasteiger partial charge in [0.05, 0.1) is 25.2 Å². The molecule has 0 spiro atoms. The Bertz CT molecular complexity index is 266. The molecule has 0 aromatic rings. The van der Waals surface area contributed by atoms with Crippen molar-refractivity contribution in [3.8, 4) is 0 Å². The number of carbonyl (C=O) groups is 1. The van der Waals surface area contributed by atoms with Gasteiger partial charge in [-0.05, 0) is 6.92 Å². The van der Waals surface area contributed by atoms with Crippen LogP contribution in [0.15, 0.2) is 0 Å². The number of ether oxygens (including phenoxy) is 2. The van der Waals surface area contributed by atoms with Crippen LogP contribution in [0.3, 0.4) is 0 Å². The molecule has 1 saturated heterocycles. The number of amides is 1. The quantitative estimate of drug-likeness (QED) is 0.639. The van der Waals surface area contributed by atoms with Crippen LogP contribution < -0.4 is 11.1 Å². The molecule has 2 unspecified atom stereocenters. The van der Waals surface area contributed by atoms with Gasteiger partial charge < -0.3 is 20.5 Å². The van der Waals surface area contributed by atoms with E-state index in [4.69, 9.17) is 10.5 Å². The second-order valence-corrected chi connectivity index (χ2v) is 4.26. The molecule has 0 bridgehead atoms. The SMILES string of the molecule is CC1(C(=O)NCCOCC(F)F)COCC1N. The van der Waals surface area contributed by atoms with Crippen molar-refractivity contribution in [3.63, 3.8) is 0 Å². The Labute approximate surface area is 98.6 Å². The lowest BCUT2D eigenvalue weighted by molar-refractivity contribution is -0.130. The molecule has 1 heterocycles. The Hall–Kier alpha value is -0.790. The van der Waals surface area contributed by atoms with E-state index < -0.39 is 18.4 Å². The van der Waals surface area contributed by atoms with E-state index >= 15 is 0 Å². The van der Waals surface area contributed by atoms with Gasteiger partial charge in [0.2, 0.25) is 5.91 Å². The van der Waals surface area contributed by atoms with Gasteiger partial charge in [-0.25, -0.2) is 8.78 Å². The standard InChI is InChI=1S/C10H18F2N2O3/c1-10(6-17-4-7(10)13)9(15)14-2-3-16-5-8(11)12/h7-8H,2-6,13H2,1H3,(H,14,15). The summed E-state index contributed by atoms with van der Waals surface area (Å²) in [6, 6.07) is -0.343. The van der Waals surface area contributed by atoms with Crippen molar-refractivity contribution < 1.29 is 23.0 Å². The molecule has 0 aromatic carbocycles. The maximum absolute atomic E-state index is 11.8. The summed E-state index contributed by atoms with van der Waals surface area (Å²) in [5.74, 6) is -0.233. The van der Waals surface area contributed by atoms with Crippen LogP contribution in [0.25, 0.3) is 0 Å². The zero-order valence-corrected chi connectivity index (χ0v) is 9.75. The van der Waals surface area contributed by atoms with Crippen LogP contribution in [0.5, 0.6) is 0 Å². The molecule has 7 heteroatoms. The minimum absolute atomic E-state index is 0.0578. The van der Waals surface area contributed by atoms with E-state index in [1.807, 2.05) is 0 Å². The van der Waals surface area contributed by atoms with Crippen molar-refractivity contribution in [1.29, 1.82) is 0 Å². The maximum atomic E-state index is 11.8. The van der Waals surface area contributed by atoms with Gasteiger partial charge >= 0.3 is 0 Å². The minimum atomic E-state index is -2.49. The minimum Gasteiger partial charge on any atom is -0.379 e. The highest BCUT2D eigenvalue weighted by Gasteiger charge is 2.44. The number of halogens is 2. The smallest absolute Gasteiger partial charge is 0.261 e. The summed E-state index contributed by atoms with van der Waals surface area (Å²) >= 11 is 0. The monoisotopic (exact) mass is 252 g/mol. The van der Waals surface area contributed by atoms with Gasteiger partial charge in [0.15, 0.2) is 0 Å². The van der Waals surface area contributed by atoms with Crippen molar-refractivity contribution in [2.75, 3.05) is 33.0 Å². The molecular weight excluding hydrogens is 234 g/mol. The van der Waals surface area contributed by atoms with Gasteiger partial charge in [-0.15, -0.1) is 0 Å². The fraction of sp³-hybridized carbons (Fsp3) is 0.900. The third kappa shape index (κ3) is 3.86. The largest absolute Gasteiger partial charge is 0.379 e. The first-order valence-corrected chi connectivity index (χ1v) is 5.44. The number of carbonyl (C=O) groups excluding carboxylic acids is 1. The average Bonchev–Trinajstić information content (AvgIpc) is 2.59. The summed E-state index contributed by atoms with van der Waals surface area (Å²) in [6.07, 6.45) is -2.49. The molecule has 1 rings (SSSR count). The zero-order chi connectivity index (χ0) is 12.9. The molecule has 0 aliphatic carbocycles. The number of nitrogens with two attached hydrogens (primary N) is 1. The zero-order valence-electron chi connectivity index (χ0n) is 9.75. The van der Waals surface area contributed by atoms with Crippen LogP contribution in [0.4, 0.5) is 8.78 Å². The van der Waals surface area contributed by atoms with Gasteiger partial charge in [-0.3, -0.25) is 4.79 Å². The van der Waals surface area contributed by atoms with Crippen LogP contribution in [-0.2, 0) is 14.3 Å². The highest BCUT2D eigenvalue weighted by atomic mass is 19.3. The second-order valence-electron chi connectivity index (χ2n) is 4.26. The molecule has 0 saturated carbocycles. The number of nitrogens with one attached hydrogen (secondary N) is 1. The maximum Gasteiger partial charge on any atom is 0.261 e. The summed E-state index contributed by atoms with van der Waals surface area (Å²) in [6.45, 7) is 1.98. The van der Waals surface area contributed by atoms with E-state index in [0.717, 1.165) is 0 Å². The van der Waals surface area contributed by atoms with Crippen molar-refractivity contribution in [3.05, 3.63) is 0 Å². The molecule has 0 radical (unpaired) electrons. The van der Waals surface area contributed by atoms with Gasteiger partial charge in [0.1, 0.15) is 6.61 Å². The lowest BCUT2D eigenvalue weighted by Crippen LogP contribution is -2.50. The van der Waals surface area contributed by atoms with E-state index in [2.05, 4.69) is 10.1 Å². The summed E-state index contributed by atoms with van der Waals surface area (Å²) in [5, 5.41) is 2.60. The molecule has 1 amide bonds. The first kappa shape index (κ1) is 14.3. The highest BCUT2D eigenvalue weighted by Crippen LogP contribution is 2.26. The van der Waals surface area contributed by atoms with E-state index in [0.29, 0.717) is 6.61 Å². The van der Waals surface area contributed by atoms with E-state index in [1.54, 1.807) is 6.92 Å². The Morgan fingerprint density at radius 2 is 2.41 bits per heavy atom. The van der Waals surface area contributed by atoms with Crippen LogP contribution in [0, 0.1) is 5.41 Å². The van der Waals surface area contributed by atoms with Crippen LogP contribution in [0.2, 0.25) is 0 Å². The third-order valence-electron chi connectivity index (χ3n) is 2.81. The van der Waals surface area contributed by atoms with Crippen molar-refractivity contribution in [1.82, 2.24) is 5.32 Å². The van der Waals surface area contributed by atoms with Crippen LogP contribution >= 0.6 is 0 Å². The van der Waals surface area contributed by atoms with Crippen molar-refractivity contribution in [2.45, 2.75) is 19.4 Å². The van der Waals surface area contributed by atoms with Crippen molar-refractivity contribution >= 4 is 5.91 Å². The Morgan fingerprint density at radius 1 is 1.71 bits per heavy atom. The number of hydrogen-bond donors (Lipinski definition) is 2. The molecule has 5 nitrogen and oxygen atoms in total. The third-order valence-corrected chi connectivity index (χ3v) is 2.81. The fourth-order valence-corrected chi connectivity index (χ4v) is 1.53. The lowest BCUT2D eigenvalue weighted by Gasteiger charge is -2.25. The fourth-order valence-electron chi connectivity index (χ4n) is 1.53. The number of rotatable bonds is 6. The van der Waals surface area contributed by atoms with E-state index in [9.17, 15) is 13.6 Å². The molecular formula is C10H18F2N2O3. The molecule has 2 atom stereocenters. The Balaban J connectivity index is 2.21. The number of alkyl halides is 2. The summed E-state index contributed by atoms with van der Waals surface area (Å²) in [4.78, 5) is 11.8. The molecule has 17 heavy (non-hydrogen) atoms.